The van der Waals surface area contributed by atoms with Crippen LogP contribution < -0.4 is 10.2 Å². The second-order valence-corrected chi connectivity index (χ2v) is 6.92. The molecule has 1 aliphatic heterocycles. The number of halogens is 1. The molecule has 1 aliphatic rings. The van der Waals surface area contributed by atoms with E-state index in [0.717, 1.165) is 6.07 Å². The van der Waals surface area contributed by atoms with Crippen LogP contribution in [0.15, 0.2) is 36.4 Å². The molecule has 10 nitrogen and oxygen atoms in total. The van der Waals surface area contributed by atoms with Gasteiger partial charge in [-0.05, 0) is 24.3 Å². The molecule has 1 N–H and O–H groups in total. The van der Waals surface area contributed by atoms with Gasteiger partial charge in [0.1, 0.15) is 6.07 Å². The third-order valence-electron chi connectivity index (χ3n) is 4.47. The molecule has 0 spiro atoms. The molecular formula is C20H17ClN4O6. The number of esters is 1. The fraction of sp³-hybridized carbons (Fsp3) is 0.250. The monoisotopic (exact) mass is 444 g/mol. The summed E-state index contributed by atoms with van der Waals surface area (Å²) in [5.41, 5.74) is 0.536. The standard InChI is InChI=1S/C20H17ClN4O6/c21-14-2-1-13(11-22)17(9-14)23-19(26)12-31-20(27)16-10-15(25(28)29)3-4-18(16)24-5-7-30-8-6-24/h1-4,9-10H,5-8,12H2,(H,23,26). The van der Waals surface area contributed by atoms with Crippen LogP contribution in [-0.2, 0) is 14.3 Å². The van der Waals surface area contributed by atoms with E-state index in [4.69, 9.17) is 26.3 Å². The Balaban J connectivity index is 1.74. The van der Waals surface area contributed by atoms with Crippen molar-refractivity contribution in [2.75, 3.05) is 43.1 Å². The molecule has 1 amide bonds. The lowest BCUT2D eigenvalue weighted by Gasteiger charge is -2.30. The van der Waals surface area contributed by atoms with E-state index >= 15 is 0 Å². The molecule has 0 aromatic heterocycles. The van der Waals surface area contributed by atoms with Crippen molar-refractivity contribution in [2.24, 2.45) is 0 Å². The highest BCUT2D eigenvalue weighted by Crippen LogP contribution is 2.27. The lowest BCUT2D eigenvalue weighted by atomic mass is 10.1. The van der Waals surface area contributed by atoms with Gasteiger partial charge in [0.25, 0.3) is 11.6 Å². The number of carbonyl (C=O) groups is 2. The van der Waals surface area contributed by atoms with Crippen molar-refractivity contribution in [1.82, 2.24) is 0 Å². The second-order valence-electron chi connectivity index (χ2n) is 6.48. The van der Waals surface area contributed by atoms with Gasteiger partial charge in [0.15, 0.2) is 6.61 Å². The van der Waals surface area contributed by atoms with E-state index in [-0.39, 0.29) is 22.5 Å². The number of ether oxygens (including phenoxy) is 2. The highest BCUT2D eigenvalue weighted by Gasteiger charge is 2.23. The van der Waals surface area contributed by atoms with Crippen LogP contribution in [0.1, 0.15) is 15.9 Å². The predicted octanol–water partition coefficient (Wildman–Crippen LogP) is 2.75. The van der Waals surface area contributed by atoms with Crippen molar-refractivity contribution >= 4 is 40.5 Å². The van der Waals surface area contributed by atoms with Gasteiger partial charge in [0.2, 0.25) is 0 Å². The number of benzene rings is 2. The van der Waals surface area contributed by atoms with Crippen LogP contribution >= 0.6 is 11.6 Å². The number of hydrogen-bond acceptors (Lipinski definition) is 8. The maximum absolute atomic E-state index is 12.7. The Labute approximate surface area is 182 Å². The van der Waals surface area contributed by atoms with Gasteiger partial charge in [-0.2, -0.15) is 5.26 Å². The van der Waals surface area contributed by atoms with Crippen LogP contribution in [0.4, 0.5) is 17.1 Å². The van der Waals surface area contributed by atoms with Crippen molar-refractivity contribution < 1.29 is 24.0 Å². The highest BCUT2D eigenvalue weighted by molar-refractivity contribution is 6.31. The summed E-state index contributed by atoms with van der Waals surface area (Å²) in [6.45, 7) is 1.26. The summed E-state index contributed by atoms with van der Waals surface area (Å²) in [6.07, 6.45) is 0. The molecule has 160 valence electrons. The molecular weight excluding hydrogens is 428 g/mol. The maximum atomic E-state index is 12.7. The summed E-state index contributed by atoms with van der Waals surface area (Å²) >= 11 is 5.88. The van der Waals surface area contributed by atoms with Crippen LogP contribution in [0, 0.1) is 21.4 Å². The van der Waals surface area contributed by atoms with E-state index < -0.39 is 23.4 Å². The number of carbonyl (C=O) groups excluding carboxylic acids is 2. The number of nitrogens with zero attached hydrogens (tertiary/aromatic N) is 3. The molecule has 1 fully saturated rings. The maximum Gasteiger partial charge on any atom is 0.341 e. The third-order valence-corrected chi connectivity index (χ3v) is 4.71. The fourth-order valence-corrected chi connectivity index (χ4v) is 3.17. The van der Waals surface area contributed by atoms with Gasteiger partial charge >= 0.3 is 5.97 Å². The fourth-order valence-electron chi connectivity index (χ4n) is 2.99. The average molecular weight is 445 g/mol. The Morgan fingerprint density at radius 1 is 1.26 bits per heavy atom. The van der Waals surface area contributed by atoms with E-state index in [0.29, 0.717) is 37.0 Å². The number of nitrogens with one attached hydrogen (secondary N) is 1. The van der Waals surface area contributed by atoms with E-state index in [1.807, 2.05) is 11.0 Å². The summed E-state index contributed by atoms with van der Waals surface area (Å²) in [5.74, 6) is -1.57. The number of nitriles is 1. The van der Waals surface area contributed by atoms with Crippen LogP contribution in [0.3, 0.4) is 0 Å². The van der Waals surface area contributed by atoms with Crippen LogP contribution in [0.5, 0.6) is 0 Å². The Hall–Kier alpha value is -3.68. The molecule has 0 unspecified atom stereocenters. The summed E-state index contributed by atoms with van der Waals surface area (Å²) < 4.78 is 10.4. The smallest absolute Gasteiger partial charge is 0.341 e. The van der Waals surface area contributed by atoms with Crippen LogP contribution in [0.25, 0.3) is 0 Å². The number of anilines is 2. The number of nitro groups is 1. The molecule has 2 aromatic carbocycles. The number of non-ortho nitro benzene ring substituents is 1. The molecule has 0 bridgehead atoms. The minimum Gasteiger partial charge on any atom is -0.452 e. The summed E-state index contributed by atoms with van der Waals surface area (Å²) in [7, 11) is 0. The lowest BCUT2D eigenvalue weighted by Crippen LogP contribution is -2.37. The Morgan fingerprint density at radius 2 is 2.00 bits per heavy atom. The second kappa shape index (κ2) is 9.88. The molecule has 3 rings (SSSR count). The minimum atomic E-state index is -0.882. The van der Waals surface area contributed by atoms with Gasteiger partial charge in [0.05, 0.1) is 40.6 Å². The van der Waals surface area contributed by atoms with Crippen LogP contribution in [-0.4, -0.2) is 49.7 Å². The number of amides is 1. The molecule has 0 radical (unpaired) electrons. The van der Waals surface area contributed by atoms with Crippen LogP contribution in [0.2, 0.25) is 5.02 Å². The summed E-state index contributed by atoms with van der Waals surface area (Å²) in [6, 6.07) is 10.2. The third kappa shape index (κ3) is 5.48. The molecule has 0 atom stereocenters. The number of hydrogen-bond donors (Lipinski definition) is 1. The molecule has 11 heteroatoms. The summed E-state index contributed by atoms with van der Waals surface area (Å²) in [5, 5.41) is 23.0. The Morgan fingerprint density at radius 3 is 2.68 bits per heavy atom. The van der Waals surface area contributed by atoms with Crippen molar-refractivity contribution in [3.05, 3.63) is 62.7 Å². The number of morpholine rings is 1. The first-order valence-electron chi connectivity index (χ1n) is 9.17. The first kappa shape index (κ1) is 22.0. The molecule has 31 heavy (non-hydrogen) atoms. The quantitative estimate of drug-likeness (QED) is 0.408. The molecule has 1 saturated heterocycles. The Bertz CT molecular complexity index is 1060. The van der Waals surface area contributed by atoms with E-state index in [1.165, 1.54) is 30.3 Å². The molecule has 2 aromatic rings. The normalized spacial score (nSPS) is 13.2. The molecule has 0 saturated carbocycles. The number of rotatable bonds is 6. The van der Waals surface area contributed by atoms with Gasteiger partial charge in [-0.1, -0.05) is 11.6 Å². The number of nitro benzene ring substituents is 1. The van der Waals surface area contributed by atoms with E-state index in [9.17, 15) is 19.7 Å². The van der Waals surface area contributed by atoms with Crippen molar-refractivity contribution in [3.63, 3.8) is 0 Å². The zero-order valence-corrected chi connectivity index (χ0v) is 16.9. The zero-order valence-electron chi connectivity index (χ0n) is 16.2. The van der Waals surface area contributed by atoms with Crippen molar-refractivity contribution in [3.8, 4) is 6.07 Å². The topological polar surface area (TPSA) is 135 Å². The van der Waals surface area contributed by atoms with E-state index in [2.05, 4.69) is 5.32 Å². The average Bonchev–Trinajstić information content (AvgIpc) is 2.77. The largest absolute Gasteiger partial charge is 0.452 e. The molecule has 0 aliphatic carbocycles. The SMILES string of the molecule is N#Cc1ccc(Cl)cc1NC(=O)COC(=O)c1cc([N+](=O)[O-])ccc1N1CCOCC1. The Kier molecular flexibility index (Phi) is 7.02. The van der Waals surface area contributed by atoms with Crippen molar-refractivity contribution in [1.29, 1.82) is 5.26 Å². The zero-order chi connectivity index (χ0) is 22.4. The van der Waals surface area contributed by atoms with Gasteiger partial charge < -0.3 is 19.7 Å². The van der Waals surface area contributed by atoms with Gasteiger partial charge in [-0.15, -0.1) is 0 Å². The highest BCUT2D eigenvalue weighted by atomic mass is 35.5. The lowest BCUT2D eigenvalue weighted by molar-refractivity contribution is -0.384. The minimum absolute atomic E-state index is 0.0237. The first-order valence-corrected chi connectivity index (χ1v) is 9.54. The summed E-state index contributed by atoms with van der Waals surface area (Å²) in [4.78, 5) is 37.3. The predicted molar refractivity (Wildman–Crippen MR) is 111 cm³/mol. The van der Waals surface area contributed by atoms with Crippen molar-refractivity contribution in [2.45, 2.75) is 0 Å². The van der Waals surface area contributed by atoms with Gasteiger partial charge in [-0.3, -0.25) is 14.9 Å². The van der Waals surface area contributed by atoms with E-state index in [1.54, 1.807) is 0 Å². The molecule has 1 heterocycles. The van der Waals surface area contributed by atoms with Gasteiger partial charge in [-0.25, -0.2) is 4.79 Å². The van der Waals surface area contributed by atoms with Gasteiger partial charge in [0, 0.05) is 30.2 Å². The first-order chi connectivity index (χ1) is 14.9.